The first-order valence-electron chi connectivity index (χ1n) is 8.66. The number of hydrogen-bond donors (Lipinski definition) is 0. The predicted octanol–water partition coefficient (Wildman–Crippen LogP) is 2.17. The lowest BCUT2D eigenvalue weighted by atomic mass is 10.0. The second kappa shape index (κ2) is 4.67. The van der Waals surface area contributed by atoms with Crippen LogP contribution in [-0.4, -0.2) is 39.0 Å². The standard InChI is InChI=1S/C18H13N9/c1-18(6-7-18)15-14(26(9-19)24-21-15)17-23-22-16-11-4-2-3-5-12(11)25-10-20-8-13(25)27(16)17/h2-5,8,10H,6-7H2,1H3. The average molecular weight is 355 g/mol. The van der Waals surface area contributed by atoms with E-state index in [4.69, 9.17) is 0 Å². The van der Waals surface area contributed by atoms with Gasteiger partial charge in [0.15, 0.2) is 11.5 Å². The van der Waals surface area contributed by atoms with Gasteiger partial charge >= 0.3 is 0 Å². The van der Waals surface area contributed by atoms with Gasteiger partial charge in [0.2, 0.25) is 6.19 Å². The Bertz CT molecular complexity index is 1410. The summed E-state index contributed by atoms with van der Waals surface area (Å²) in [7, 11) is 0. The first-order valence-corrected chi connectivity index (χ1v) is 8.66. The number of aromatic nitrogens is 8. The topological polar surface area (TPSA) is 102 Å². The Morgan fingerprint density at radius 2 is 2.00 bits per heavy atom. The second-order valence-corrected chi connectivity index (χ2v) is 7.18. The smallest absolute Gasteiger partial charge is 0.208 e. The quantitative estimate of drug-likeness (QED) is 0.481. The zero-order valence-electron chi connectivity index (χ0n) is 14.4. The first kappa shape index (κ1) is 14.4. The van der Waals surface area contributed by atoms with Crippen LogP contribution in [0, 0.1) is 11.5 Å². The summed E-state index contributed by atoms with van der Waals surface area (Å²) in [4.78, 5) is 4.31. The van der Waals surface area contributed by atoms with E-state index in [9.17, 15) is 5.26 Å². The summed E-state index contributed by atoms with van der Waals surface area (Å²) in [6.07, 6.45) is 7.66. The number of imidazole rings is 1. The predicted molar refractivity (Wildman–Crippen MR) is 95.9 cm³/mol. The van der Waals surface area contributed by atoms with Crippen LogP contribution in [0.2, 0.25) is 0 Å². The maximum atomic E-state index is 9.57. The van der Waals surface area contributed by atoms with Crippen molar-refractivity contribution in [1.82, 2.24) is 39.0 Å². The largest absolute Gasteiger partial charge is 0.284 e. The lowest BCUT2D eigenvalue weighted by molar-refractivity contribution is 0.735. The third-order valence-corrected chi connectivity index (χ3v) is 5.46. The number of nitrogens with zero attached hydrogens (tertiary/aromatic N) is 9. The Morgan fingerprint density at radius 1 is 1.15 bits per heavy atom. The fourth-order valence-corrected chi connectivity index (χ4v) is 3.72. The van der Waals surface area contributed by atoms with Crippen molar-refractivity contribution in [1.29, 1.82) is 5.26 Å². The number of nitriles is 1. The van der Waals surface area contributed by atoms with Crippen LogP contribution < -0.4 is 0 Å². The van der Waals surface area contributed by atoms with E-state index in [0.717, 1.165) is 35.1 Å². The molecule has 9 heteroatoms. The van der Waals surface area contributed by atoms with Crippen LogP contribution in [0.15, 0.2) is 36.8 Å². The number of hydrogen-bond acceptors (Lipinski definition) is 6. The third-order valence-electron chi connectivity index (χ3n) is 5.46. The van der Waals surface area contributed by atoms with Gasteiger partial charge in [-0.05, 0) is 25.0 Å². The number of benzene rings is 1. The average Bonchev–Trinajstić information content (AvgIpc) is 3.13. The molecule has 6 rings (SSSR count). The molecule has 27 heavy (non-hydrogen) atoms. The molecule has 0 amide bonds. The molecule has 1 saturated carbocycles. The van der Waals surface area contributed by atoms with E-state index in [-0.39, 0.29) is 5.41 Å². The molecule has 5 aromatic rings. The van der Waals surface area contributed by atoms with Crippen molar-refractivity contribution >= 4 is 22.2 Å². The molecule has 1 aliphatic rings. The van der Waals surface area contributed by atoms with E-state index in [1.165, 1.54) is 4.68 Å². The summed E-state index contributed by atoms with van der Waals surface area (Å²) in [5, 5.41) is 27.8. The van der Waals surface area contributed by atoms with Crippen molar-refractivity contribution < 1.29 is 0 Å². The lowest BCUT2D eigenvalue weighted by Gasteiger charge is -2.09. The molecule has 0 N–H and O–H groups in total. The first-order chi connectivity index (χ1) is 13.2. The normalized spacial score (nSPS) is 15.6. The van der Waals surface area contributed by atoms with Crippen molar-refractivity contribution in [3.63, 3.8) is 0 Å². The van der Waals surface area contributed by atoms with Crippen LogP contribution in [-0.2, 0) is 5.41 Å². The van der Waals surface area contributed by atoms with E-state index >= 15 is 0 Å². The molecule has 0 spiro atoms. The molecule has 0 radical (unpaired) electrons. The van der Waals surface area contributed by atoms with Gasteiger partial charge in [0.25, 0.3) is 0 Å². The Hall–Kier alpha value is -3.80. The summed E-state index contributed by atoms with van der Waals surface area (Å²) in [6, 6.07) is 7.98. The molecule has 1 aromatic carbocycles. The maximum absolute atomic E-state index is 9.57. The molecule has 1 fully saturated rings. The molecule has 4 heterocycles. The second-order valence-electron chi connectivity index (χ2n) is 7.18. The van der Waals surface area contributed by atoms with Crippen LogP contribution in [0.25, 0.3) is 33.7 Å². The van der Waals surface area contributed by atoms with Crippen molar-refractivity contribution in [3.8, 4) is 17.7 Å². The van der Waals surface area contributed by atoms with Crippen LogP contribution in [0.5, 0.6) is 0 Å². The molecular weight excluding hydrogens is 342 g/mol. The van der Waals surface area contributed by atoms with Crippen molar-refractivity contribution in [2.24, 2.45) is 0 Å². The molecule has 9 nitrogen and oxygen atoms in total. The highest BCUT2D eigenvalue weighted by Crippen LogP contribution is 2.49. The van der Waals surface area contributed by atoms with Crippen molar-refractivity contribution in [3.05, 3.63) is 42.5 Å². The fraction of sp³-hybridized carbons (Fsp3) is 0.222. The van der Waals surface area contributed by atoms with Gasteiger partial charge in [-0.1, -0.05) is 24.3 Å². The summed E-state index contributed by atoms with van der Waals surface area (Å²) in [5.74, 6) is 0.552. The van der Waals surface area contributed by atoms with Gasteiger partial charge in [-0.2, -0.15) is 5.26 Å². The highest BCUT2D eigenvalue weighted by molar-refractivity contribution is 5.94. The van der Waals surface area contributed by atoms with E-state index in [1.807, 2.05) is 33.1 Å². The SMILES string of the molecule is CC1(c2nnn(C#N)c2-c2nnc3c4ccccc4n4cncc4n23)CC1. The highest BCUT2D eigenvalue weighted by Gasteiger charge is 2.45. The van der Waals surface area contributed by atoms with Gasteiger partial charge in [-0.15, -0.1) is 20.0 Å². The number of rotatable bonds is 2. The van der Waals surface area contributed by atoms with E-state index in [1.54, 1.807) is 12.5 Å². The van der Waals surface area contributed by atoms with Crippen molar-refractivity contribution in [2.45, 2.75) is 25.2 Å². The molecule has 0 atom stereocenters. The molecule has 0 unspecified atom stereocenters. The Balaban J connectivity index is 1.80. The lowest BCUT2D eigenvalue weighted by Crippen LogP contribution is -2.07. The van der Waals surface area contributed by atoms with Crippen LogP contribution in [0.3, 0.4) is 0 Å². The zero-order chi connectivity index (χ0) is 18.2. The molecule has 1 aliphatic carbocycles. The minimum Gasteiger partial charge on any atom is -0.284 e. The molecule has 4 aromatic heterocycles. The minimum atomic E-state index is -0.0658. The van der Waals surface area contributed by atoms with Gasteiger partial charge < -0.3 is 0 Å². The Morgan fingerprint density at radius 3 is 2.81 bits per heavy atom. The molecule has 0 saturated heterocycles. The van der Waals surface area contributed by atoms with Crippen LogP contribution >= 0.6 is 0 Å². The highest BCUT2D eigenvalue weighted by atomic mass is 15.4. The van der Waals surface area contributed by atoms with Crippen molar-refractivity contribution in [2.75, 3.05) is 0 Å². The number of fused-ring (bicyclic) bond motifs is 6. The minimum absolute atomic E-state index is 0.0658. The van der Waals surface area contributed by atoms with Gasteiger partial charge in [0.05, 0.1) is 11.7 Å². The summed E-state index contributed by atoms with van der Waals surface area (Å²) >= 11 is 0. The van der Waals surface area contributed by atoms with E-state index < -0.39 is 0 Å². The number of para-hydroxylation sites is 1. The van der Waals surface area contributed by atoms with Crippen LogP contribution in [0.4, 0.5) is 0 Å². The Labute approximate surface area is 152 Å². The van der Waals surface area contributed by atoms with E-state index in [2.05, 4.69) is 38.6 Å². The van der Waals surface area contributed by atoms with Gasteiger partial charge in [0.1, 0.15) is 23.4 Å². The van der Waals surface area contributed by atoms with Gasteiger partial charge in [0, 0.05) is 10.8 Å². The molecule has 0 bridgehead atoms. The third kappa shape index (κ3) is 1.74. The van der Waals surface area contributed by atoms with E-state index in [0.29, 0.717) is 17.2 Å². The van der Waals surface area contributed by atoms with Crippen LogP contribution in [0.1, 0.15) is 25.5 Å². The fourth-order valence-electron chi connectivity index (χ4n) is 3.72. The molecular formula is C18H13N9. The monoisotopic (exact) mass is 355 g/mol. The maximum Gasteiger partial charge on any atom is 0.208 e. The zero-order valence-corrected chi connectivity index (χ0v) is 14.4. The summed E-state index contributed by atoms with van der Waals surface area (Å²) < 4.78 is 5.16. The Kier molecular flexibility index (Phi) is 2.49. The van der Waals surface area contributed by atoms with Gasteiger partial charge in [-0.25, -0.2) is 4.98 Å². The van der Waals surface area contributed by atoms with Gasteiger partial charge in [-0.3, -0.25) is 8.80 Å². The summed E-state index contributed by atoms with van der Waals surface area (Å²) in [6.45, 7) is 2.13. The molecule has 130 valence electrons. The molecule has 0 aliphatic heterocycles. The summed E-state index contributed by atoms with van der Waals surface area (Å²) in [5.41, 5.74) is 3.86.